The summed E-state index contributed by atoms with van der Waals surface area (Å²) in [6.45, 7) is 3.95. The molecule has 0 atom stereocenters. The average molecular weight is 604 g/mol. The number of hydrogen-bond acceptors (Lipinski definition) is 8. The Bertz CT molecular complexity index is 1430. The van der Waals surface area contributed by atoms with E-state index in [1.165, 1.54) is 3.71 Å². The molecule has 0 heterocycles. The fraction of sp³-hybridized carbons (Fsp3) is 0.156. The lowest BCUT2D eigenvalue weighted by molar-refractivity contribution is 0.0513. The van der Waals surface area contributed by atoms with Crippen molar-refractivity contribution in [2.75, 3.05) is 13.2 Å². The molecule has 0 N–H and O–H groups in total. The van der Waals surface area contributed by atoms with E-state index in [1.807, 2.05) is 48.5 Å². The first kappa shape index (κ1) is 30.3. The van der Waals surface area contributed by atoms with Crippen LogP contribution in [0.2, 0.25) is 0 Å². The van der Waals surface area contributed by atoms with Gasteiger partial charge in [0.1, 0.15) is 0 Å². The lowest BCUT2D eigenvalue weighted by Crippen LogP contribution is -2.20. The molecule has 0 saturated carbocycles. The highest BCUT2D eigenvalue weighted by molar-refractivity contribution is 8.13. The highest BCUT2D eigenvalue weighted by Gasteiger charge is 2.26. The van der Waals surface area contributed by atoms with E-state index in [2.05, 4.69) is 0 Å². The number of nitrogens with zero attached hydrogens (tertiary/aromatic N) is 1. The van der Waals surface area contributed by atoms with Gasteiger partial charge in [-0.15, -0.1) is 11.8 Å². The second-order valence-electron chi connectivity index (χ2n) is 8.45. The summed E-state index contributed by atoms with van der Waals surface area (Å²) >= 11 is 3.79. The summed E-state index contributed by atoms with van der Waals surface area (Å²) in [5.74, 6) is -0.533. The number of esters is 2. The monoisotopic (exact) mass is 603 g/mol. The van der Waals surface area contributed by atoms with E-state index in [0.29, 0.717) is 32.2 Å². The Hall–Kier alpha value is -3.66. The zero-order valence-electron chi connectivity index (χ0n) is 22.6. The summed E-state index contributed by atoms with van der Waals surface area (Å²) < 4.78 is 12.0. The quantitative estimate of drug-likeness (QED) is 0.0912. The zero-order chi connectivity index (χ0) is 29.0. The predicted molar refractivity (Wildman–Crippen MR) is 165 cm³/mol. The number of benzene rings is 4. The number of amides is 1. The van der Waals surface area contributed by atoms with Crippen LogP contribution in [0.5, 0.6) is 0 Å². The highest BCUT2D eigenvalue weighted by Crippen LogP contribution is 2.40. The van der Waals surface area contributed by atoms with Gasteiger partial charge in [0.15, 0.2) is 0 Å². The van der Waals surface area contributed by atoms with Gasteiger partial charge in [0.2, 0.25) is 0 Å². The van der Waals surface area contributed by atoms with Crippen LogP contribution >= 0.6 is 35.7 Å². The molecule has 0 radical (unpaired) electrons. The van der Waals surface area contributed by atoms with Crippen molar-refractivity contribution in [3.63, 3.8) is 0 Å². The molecule has 1 amide bonds. The molecule has 4 aromatic rings. The molecular formula is C32H29NO5S3. The maximum atomic E-state index is 14.2. The molecular weight excluding hydrogens is 575 g/mol. The van der Waals surface area contributed by atoms with Gasteiger partial charge in [0.25, 0.3) is 5.91 Å². The van der Waals surface area contributed by atoms with Gasteiger partial charge in [-0.05, 0) is 55.8 Å². The minimum absolute atomic E-state index is 0.230. The number of rotatable bonds is 12. The van der Waals surface area contributed by atoms with Gasteiger partial charge in [0, 0.05) is 44.3 Å². The smallest absolute Gasteiger partial charge is 0.339 e. The Balaban J connectivity index is 1.71. The zero-order valence-corrected chi connectivity index (χ0v) is 25.1. The molecule has 6 nitrogen and oxygen atoms in total. The summed E-state index contributed by atoms with van der Waals surface area (Å²) in [6.07, 6.45) is 0. The maximum absolute atomic E-state index is 14.2. The van der Waals surface area contributed by atoms with E-state index in [4.69, 9.17) is 9.47 Å². The van der Waals surface area contributed by atoms with Gasteiger partial charge in [-0.25, -0.2) is 13.3 Å². The second-order valence-corrected chi connectivity index (χ2v) is 11.7. The average Bonchev–Trinajstić information content (AvgIpc) is 3.01. The van der Waals surface area contributed by atoms with Crippen molar-refractivity contribution < 1.29 is 23.9 Å². The van der Waals surface area contributed by atoms with Crippen molar-refractivity contribution in [3.05, 3.63) is 125 Å². The van der Waals surface area contributed by atoms with Crippen LogP contribution in [0, 0.1) is 0 Å². The lowest BCUT2D eigenvalue weighted by atomic mass is 10.2. The van der Waals surface area contributed by atoms with Crippen LogP contribution in [0.25, 0.3) is 0 Å². The Morgan fingerprint density at radius 1 is 0.585 bits per heavy atom. The second kappa shape index (κ2) is 15.4. The molecule has 0 unspecified atom stereocenters. The van der Waals surface area contributed by atoms with Crippen molar-refractivity contribution in [1.29, 1.82) is 0 Å². The third kappa shape index (κ3) is 8.19. The number of carbonyl (C=O) groups excluding carboxylic acids is 3. The molecule has 4 rings (SSSR count). The Labute approximate surface area is 253 Å². The number of ether oxygens (including phenoxy) is 2. The topological polar surface area (TPSA) is 72.9 Å². The maximum Gasteiger partial charge on any atom is 0.339 e. The molecule has 0 aliphatic rings. The molecule has 0 spiro atoms. The lowest BCUT2D eigenvalue weighted by Gasteiger charge is -2.23. The molecule has 41 heavy (non-hydrogen) atoms. The normalized spacial score (nSPS) is 10.6. The first-order chi connectivity index (χ1) is 20.0. The van der Waals surface area contributed by atoms with Gasteiger partial charge in [0.05, 0.1) is 29.9 Å². The van der Waals surface area contributed by atoms with Gasteiger partial charge < -0.3 is 9.47 Å². The predicted octanol–water partition coefficient (Wildman–Crippen LogP) is 8.19. The summed E-state index contributed by atoms with van der Waals surface area (Å²) in [7, 11) is 0. The van der Waals surface area contributed by atoms with Crippen molar-refractivity contribution in [3.8, 4) is 0 Å². The van der Waals surface area contributed by atoms with Gasteiger partial charge in [-0.3, -0.25) is 4.79 Å². The van der Waals surface area contributed by atoms with E-state index in [-0.39, 0.29) is 19.1 Å². The number of carbonyl (C=O) groups is 3. The van der Waals surface area contributed by atoms with Crippen LogP contribution in [0.3, 0.4) is 0 Å². The molecule has 0 aliphatic heterocycles. The Morgan fingerprint density at radius 2 is 1.02 bits per heavy atom. The van der Waals surface area contributed by atoms with Crippen LogP contribution in [-0.4, -0.2) is 34.8 Å². The Kier molecular flexibility index (Phi) is 11.4. The van der Waals surface area contributed by atoms with Crippen LogP contribution in [0.1, 0.15) is 50.5 Å². The number of hydrogen-bond donors (Lipinski definition) is 0. The minimum atomic E-state index is -0.473. The molecule has 210 valence electrons. The molecule has 0 fully saturated rings. The SMILES string of the molecule is CCOC(=O)c1ccccc1SN(Sc1ccccc1C(=O)OCC)C(=O)c1ccccc1SCc1ccccc1. The third-order valence-corrected chi connectivity index (χ3v) is 9.01. The molecule has 9 heteroatoms. The van der Waals surface area contributed by atoms with Gasteiger partial charge in [-0.1, -0.05) is 66.7 Å². The summed E-state index contributed by atoms with van der Waals surface area (Å²) in [5.41, 5.74) is 2.36. The summed E-state index contributed by atoms with van der Waals surface area (Å²) in [5, 5.41) is 0. The number of thioether (sulfide) groups is 1. The van der Waals surface area contributed by atoms with Crippen molar-refractivity contribution in [2.45, 2.75) is 34.3 Å². The standard InChI is InChI=1S/C32H29NO5S3/c1-3-37-31(35)25-17-9-12-20-28(25)40-33(41-29-21-13-10-18-26(29)32(36)38-4-2)30(34)24-16-8-11-19-27(24)39-22-23-14-6-5-7-15-23/h5-21H,3-4,22H2,1-2H3. The van der Waals surface area contributed by atoms with Crippen LogP contribution in [0.4, 0.5) is 0 Å². The van der Waals surface area contributed by atoms with Crippen molar-refractivity contribution in [2.24, 2.45) is 0 Å². The third-order valence-electron chi connectivity index (χ3n) is 5.65. The van der Waals surface area contributed by atoms with E-state index < -0.39 is 11.9 Å². The summed E-state index contributed by atoms with van der Waals surface area (Å²) in [4.78, 5) is 41.6. The van der Waals surface area contributed by atoms with Gasteiger partial charge >= 0.3 is 11.9 Å². The van der Waals surface area contributed by atoms with E-state index in [0.717, 1.165) is 34.4 Å². The van der Waals surface area contributed by atoms with E-state index in [1.54, 1.807) is 80.2 Å². The fourth-order valence-corrected chi connectivity index (χ4v) is 6.86. The van der Waals surface area contributed by atoms with Crippen LogP contribution in [-0.2, 0) is 15.2 Å². The largest absolute Gasteiger partial charge is 0.462 e. The van der Waals surface area contributed by atoms with Crippen LogP contribution in [0.15, 0.2) is 118 Å². The van der Waals surface area contributed by atoms with Gasteiger partial charge in [-0.2, -0.15) is 0 Å². The molecule has 0 aromatic heterocycles. The highest BCUT2D eigenvalue weighted by atomic mass is 32.2. The molecule has 0 saturated heterocycles. The molecule has 0 aliphatic carbocycles. The Morgan fingerprint density at radius 3 is 1.54 bits per heavy atom. The molecule has 0 bridgehead atoms. The van der Waals surface area contributed by atoms with E-state index >= 15 is 0 Å². The minimum Gasteiger partial charge on any atom is -0.462 e. The van der Waals surface area contributed by atoms with E-state index in [9.17, 15) is 14.4 Å². The van der Waals surface area contributed by atoms with Crippen LogP contribution < -0.4 is 0 Å². The fourth-order valence-electron chi connectivity index (χ4n) is 3.73. The summed E-state index contributed by atoms with van der Waals surface area (Å²) in [6, 6.07) is 31.5. The van der Waals surface area contributed by atoms with Crippen molar-refractivity contribution >= 4 is 53.5 Å². The molecule has 4 aromatic carbocycles. The van der Waals surface area contributed by atoms with Crippen molar-refractivity contribution in [1.82, 2.24) is 3.71 Å². The first-order valence-corrected chi connectivity index (χ1v) is 15.5. The first-order valence-electron chi connectivity index (χ1n) is 13.0.